The van der Waals surface area contributed by atoms with E-state index in [1.807, 2.05) is 24.3 Å². The number of nitrogens with zero attached hydrogens (tertiary/aromatic N) is 1. The molecule has 4 nitrogen and oxygen atoms in total. The summed E-state index contributed by atoms with van der Waals surface area (Å²) >= 11 is 0. The van der Waals surface area contributed by atoms with E-state index in [9.17, 15) is 0 Å². The zero-order valence-corrected chi connectivity index (χ0v) is 10.3. The maximum Gasteiger partial charge on any atom is 0.145 e. The Morgan fingerprint density at radius 2 is 2.18 bits per heavy atom. The first kappa shape index (κ1) is 11.9. The van der Waals surface area contributed by atoms with E-state index < -0.39 is 0 Å². The van der Waals surface area contributed by atoms with Crippen molar-refractivity contribution >= 4 is 5.71 Å². The van der Waals surface area contributed by atoms with Crippen molar-refractivity contribution in [3.8, 4) is 5.75 Å². The molecule has 0 spiro atoms. The number of ether oxygens (including phenoxy) is 1. The summed E-state index contributed by atoms with van der Waals surface area (Å²) in [5.41, 5.74) is 2.11. The minimum atomic E-state index is 0.159. The summed E-state index contributed by atoms with van der Waals surface area (Å²) < 4.78 is 5.12. The lowest BCUT2D eigenvalue weighted by Crippen LogP contribution is -2.26. The van der Waals surface area contributed by atoms with Gasteiger partial charge in [0.15, 0.2) is 0 Å². The minimum absolute atomic E-state index is 0.159. The van der Waals surface area contributed by atoms with Crippen molar-refractivity contribution in [2.24, 2.45) is 5.16 Å². The molecular formula is C13H18N2O2. The van der Waals surface area contributed by atoms with Gasteiger partial charge in [-0.2, -0.15) is 0 Å². The van der Waals surface area contributed by atoms with E-state index in [1.54, 1.807) is 7.11 Å². The molecule has 0 fully saturated rings. The van der Waals surface area contributed by atoms with Gasteiger partial charge in [-0.3, -0.25) is 0 Å². The molecule has 1 aliphatic heterocycles. The maximum atomic E-state index is 5.37. The number of hydrogen-bond acceptors (Lipinski definition) is 4. The summed E-state index contributed by atoms with van der Waals surface area (Å²) in [6.07, 6.45) is 1.02. The lowest BCUT2D eigenvalue weighted by atomic mass is 10.0. The second-order valence-electron chi connectivity index (χ2n) is 4.01. The predicted molar refractivity (Wildman–Crippen MR) is 67.6 cm³/mol. The van der Waals surface area contributed by atoms with Crippen LogP contribution in [0.3, 0.4) is 0 Å². The summed E-state index contributed by atoms with van der Waals surface area (Å²) in [5, 5.41) is 7.39. The highest BCUT2D eigenvalue weighted by atomic mass is 16.6. The third-order valence-electron chi connectivity index (χ3n) is 2.78. The third-order valence-corrected chi connectivity index (χ3v) is 2.78. The highest BCUT2D eigenvalue weighted by Crippen LogP contribution is 2.18. The van der Waals surface area contributed by atoms with Crippen LogP contribution in [0.5, 0.6) is 5.75 Å². The van der Waals surface area contributed by atoms with Gasteiger partial charge in [-0.1, -0.05) is 12.1 Å². The predicted octanol–water partition coefficient (Wildman–Crippen LogP) is 1.80. The van der Waals surface area contributed by atoms with Crippen molar-refractivity contribution in [1.29, 1.82) is 0 Å². The maximum absolute atomic E-state index is 5.37. The molecule has 0 radical (unpaired) electrons. The molecule has 1 N–H and O–H groups in total. The fourth-order valence-electron chi connectivity index (χ4n) is 1.80. The van der Waals surface area contributed by atoms with Gasteiger partial charge >= 0.3 is 0 Å². The standard InChI is InChI=1S/C13H18N2O2/c1-3-14-9-12-8-13(15-17-12)10-4-6-11(16-2)7-5-10/h4-7,12,14H,3,8-9H2,1-2H3/t12-/m0/s1. The van der Waals surface area contributed by atoms with Gasteiger partial charge in [-0.15, -0.1) is 0 Å². The number of likely N-dealkylation sites (N-methyl/N-ethyl adjacent to an activating group) is 1. The van der Waals surface area contributed by atoms with Crippen LogP contribution in [0, 0.1) is 0 Å². The Balaban J connectivity index is 1.95. The number of oxime groups is 1. The molecule has 0 aliphatic carbocycles. The highest BCUT2D eigenvalue weighted by Gasteiger charge is 2.21. The lowest BCUT2D eigenvalue weighted by molar-refractivity contribution is 0.0855. The summed E-state index contributed by atoms with van der Waals surface area (Å²) in [7, 11) is 1.66. The molecule has 4 heteroatoms. The minimum Gasteiger partial charge on any atom is -0.497 e. The monoisotopic (exact) mass is 234 g/mol. The van der Waals surface area contributed by atoms with Gasteiger partial charge in [-0.25, -0.2) is 0 Å². The van der Waals surface area contributed by atoms with Crippen LogP contribution in [-0.4, -0.2) is 32.0 Å². The van der Waals surface area contributed by atoms with Gasteiger partial charge in [0, 0.05) is 13.0 Å². The number of benzene rings is 1. The van der Waals surface area contributed by atoms with Crippen molar-refractivity contribution in [3.05, 3.63) is 29.8 Å². The normalized spacial score (nSPS) is 18.7. The van der Waals surface area contributed by atoms with Crippen LogP contribution in [0.2, 0.25) is 0 Å². The molecular weight excluding hydrogens is 216 g/mol. The Bertz CT molecular complexity index is 387. The van der Waals surface area contributed by atoms with Gasteiger partial charge in [0.1, 0.15) is 11.9 Å². The van der Waals surface area contributed by atoms with Crippen molar-refractivity contribution in [2.75, 3.05) is 20.2 Å². The zero-order chi connectivity index (χ0) is 12.1. The van der Waals surface area contributed by atoms with Crippen molar-refractivity contribution in [3.63, 3.8) is 0 Å². The largest absolute Gasteiger partial charge is 0.497 e. The molecule has 1 aromatic rings. The van der Waals surface area contributed by atoms with Gasteiger partial charge in [0.2, 0.25) is 0 Å². The number of methoxy groups -OCH3 is 1. The second-order valence-corrected chi connectivity index (χ2v) is 4.01. The molecule has 1 atom stereocenters. The first-order valence-corrected chi connectivity index (χ1v) is 5.91. The number of hydrogen-bond donors (Lipinski definition) is 1. The Kier molecular flexibility index (Phi) is 3.98. The van der Waals surface area contributed by atoms with Crippen LogP contribution in [0.25, 0.3) is 0 Å². The van der Waals surface area contributed by atoms with Gasteiger partial charge < -0.3 is 14.9 Å². The molecule has 92 valence electrons. The lowest BCUT2D eigenvalue weighted by Gasteiger charge is -2.07. The van der Waals surface area contributed by atoms with Crippen molar-refractivity contribution in [2.45, 2.75) is 19.4 Å². The first-order chi connectivity index (χ1) is 8.33. The third kappa shape index (κ3) is 2.97. The van der Waals surface area contributed by atoms with E-state index in [0.717, 1.165) is 36.5 Å². The molecule has 0 aromatic heterocycles. The summed E-state index contributed by atoms with van der Waals surface area (Å²) in [4.78, 5) is 5.37. The molecule has 0 saturated carbocycles. The van der Waals surface area contributed by atoms with Crippen LogP contribution >= 0.6 is 0 Å². The van der Waals surface area contributed by atoms with E-state index >= 15 is 0 Å². The van der Waals surface area contributed by atoms with E-state index in [4.69, 9.17) is 9.57 Å². The average Bonchev–Trinajstić information content (AvgIpc) is 2.85. The number of nitrogens with one attached hydrogen (secondary N) is 1. The van der Waals surface area contributed by atoms with E-state index in [0.29, 0.717) is 0 Å². The van der Waals surface area contributed by atoms with Gasteiger partial charge in [0.25, 0.3) is 0 Å². The smallest absolute Gasteiger partial charge is 0.145 e. The SMILES string of the molecule is CCNC[C@@H]1CC(c2ccc(OC)cc2)=NO1. The second kappa shape index (κ2) is 5.68. The fraction of sp³-hybridized carbons (Fsp3) is 0.462. The topological polar surface area (TPSA) is 42.8 Å². The van der Waals surface area contributed by atoms with Crippen molar-refractivity contribution < 1.29 is 9.57 Å². The molecule has 0 bridgehead atoms. The van der Waals surface area contributed by atoms with E-state index in [1.165, 1.54) is 0 Å². The van der Waals surface area contributed by atoms with E-state index in [-0.39, 0.29) is 6.10 Å². The Morgan fingerprint density at radius 3 is 2.82 bits per heavy atom. The molecule has 0 unspecified atom stereocenters. The Morgan fingerprint density at radius 1 is 1.41 bits per heavy atom. The van der Waals surface area contributed by atoms with Crippen LogP contribution < -0.4 is 10.1 Å². The summed E-state index contributed by atoms with van der Waals surface area (Å²) in [5.74, 6) is 0.859. The van der Waals surface area contributed by atoms with Gasteiger partial charge in [-0.05, 0) is 36.4 Å². The van der Waals surface area contributed by atoms with Crippen LogP contribution in [0.1, 0.15) is 18.9 Å². The average molecular weight is 234 g/mol. The van der Waals surface area contributed by atoms with Gasteiger partial charge in [0.05, 0.1) is 12.8 Å². The first-order valence-electron chi connectivity index (χ1n) is 5.91. The van der Waals surface area contributed by atoms with E-state index in [2.05, 4.69) is 17.4 Å². The van der Waals surface area contributed by atoms with Crippen LogP contribution in [-0.2, 0) is 4.84 Å². The molecule has 0 saturated heterocycles. The van der Waals surface area contributed by atoms with Crippen LogP contribution in [0.4, 0.5) is 0 Å². The molecule has 2 rings (SSSR count). The summed E-state index contributed by atoms with van der Waals surface area (Å²) in [6, 6.07) is 7.90. The fourth-order valence-corrected chi connectivity index (χ4v) is 1.80. The van der Waals surface area contributed by atoms with Crippen LogP contribution in [0.15, 0.2) is 29.4 Å². The molecule has 0 amide bonds. The Hall–Kier alpha value is -1.55. The molecule has 1 heterocycles. The molecule has 1 aliphatic rings. The molecule has 1 aromatic carbocycles. The quantitative estimate of drug-likeness (QED) is 0.844. The highest BCUT2D eigenvalue weighted by molar-refractivity contribution is 6.01. The number of rotatable bonds is 5. The molecule has 17 heavy (non-hydrogen) atoms. The van der Waals surface area contributed by atoms with Crippen molar-refractivity contribution in [1.82, 2.24) is 5.32 Å². The summed E-state index contributed by atoms with van der Waals surface area (Å²) in [6.45, 7) is 3.89. The zero-order valence-electron chi connectivity index (χ0n) is 10.3. The Labute approximate surface area is 102 Å².